The molecule has 5 N–H and O–H groups in total. The van der Waals surface area contributed by atoms with E-state index in [1.165, 1.54) is 6.08 Å². The van der Waals surface area contributed by atoms with Gasteiger partial charge in [-0.05, 0) is 63.5 Å². The summed E-state index contributed by atoms with van der Waals surface area (Å²) in [5.74, 6) is 0.491. The van der Waals surface area contributed by atoms with Crippen molar-refractivity contribution >= 4 is 11.9 Å². The first-order valence-corrected chi connectivity index (χ1v) is 15.7. The maximum atomic E-state index is 16.3. The van der Waals surface area contributed by atoms with Crippen LogP contribution in [-0.2, 0) is 4.79 Å². The minimum absolute atomic E-state index is 0.0121. The zero-order valence-electron chi connectivity index (χ0n) is 24.7. The molecule has 6 heterocycles. The molecule has 11 nitrogen and oxygen atoms in total. The summed E-state index contributed by atoms with van der Waals surface area (Å²) in [6.07, 6.45) is 6.29. The van der Waals surface area contributed by atoms with Crippen molar-refractivity contribution in [1.82, 2.24) is 46.6 Å². The molecule has 0 spiro atoms. The van der Waals surface area contributed by atoms with E-state index in [1.807, 2.05) is 11.2 Å². The molecule has 228 valence electrons. The molecule has 12 heteroatoms. The number of amides is 3. The minimum Gasteiger partial charge on any atom is -0.336 e. The van der Waals surface area contributed by atoms with E-state index in [2.05, 4.69) is 64.1 Å². The lowest BCUT2D eigenvalue weighted by atomic mass is 9.76. The number of rotatable bonds is 3. The van der Waals surface area contributed by atoms with Gasteiger partial charge in [-0.3, -0.25) is 20.0 Å². The fraction of sp³-hybridized carbons (Fsp3) is 0.793. The first-order valence-electron chi connectivity index (χ1n) is 15.7. The molecule has 6 aliphatic rings. The van der Waals surface area contributed by atoms with Crippen molar-refractivity contribution in [3.05, 3.63) is 24.6 Å². The Labute approximate surface area is 243 Å². The Morgan fingerprint density at radius 2 is 2.00 bits per heavy atom. The van der Waals surface area contributed by atoms with Gasteiger partial charge < -0.3 is 25.9 Å². The number of hydrazine groups is 2. The summed E-state index contributed by atoms with van der Waals surface area (Å²) in [7, 11) is 0. The van der Waals surface area contributed by atoms with Crippen LogP contribution in [0.15, 0.2) is 24.6 Å². The number of halogens is 1. The summed E-state index contributed by atoms with van der Waals surface area (Å²) in [5, 5.41) is 12.7. The molecule has 8 unspecified atom stereocenters. The third-order valence-corrected chi connectivity index (χ3v) is 10.4. The van der Waals surface area contributed by atoms with Gasteiger partial charge >= 0.3 is 6.03 Å². The van der Waals surface area contributed by atoms with Crippen LogP contribution >= 0.6 is 0 Å². The predicted molar refractivity (Wildman–Crippen MR) is 154 cm³/mol. The van der Waals surface area contributed by atoms with E-state index >= 15 is 4.39 Å². The van der Waals surface area contributed by atoms with Crippen LogP contribution in [0.4, 0.5) is 9.18 Å². The molecular formula is C29H48FN9O2. The highest BCUT2D eigenvalue weighted by Crippen LogP contribution is 2.40. The summed E-state index contributed by atoms with van der Waals surface area (Å²) in [6, 6.07) is 0.108. The Morgan fingerprint density at radius 3 is 2.76 bits per heavy atom. The van der Waals surface area contributed by atoms with Gasteiger partial charge in [0.1, 0.15) is 12.3 Å². The van der Waals surface area contributed by atoms with E-state index < -0.39 is 12.3 Å². The molecule has 5 saturated heterocycles. The van der Waals surface area contributed by atoms with Crippen LogP contribution in [0, 0.1) is 17.8 Å². The van der Waals surface area contributed by atoms with Crippen molar-refractivity contribution in [3.63, 3.8) is 0 Å². The van der Waals surface area contributed by atoms with Crippen molar-refractivity contribution in [2.75, 3.05) is 26.2 Å². The molecule has 0 aromatic rings. The highest BCUT2D eigenvalue weighted by atomic mass is 19.1. The van der Waals surface area contributed by atoms with Crippen LogP contribution in [-0.4, -0.2) is 101 Å². The number of fused-ring (bicyclic) bond motifs is 5. The summed E-state index contributed by atoms with van der Waals surface area (Å²) in [6.45, 7) is 12.9. The third kappa shape index (κ3) is 5.21. The van der Waals surface area contributed by atoms with Gasteiger partial charge in [0, 0.05) is 43.8 Å². The highest BCUT2D eigenvalue weighted by molar-refractivity contribution is 5.87. The lowest BCUT2D eigenvalue weighted by Crippen LogP contribution is -2.80. The number of piperidine rings is 2. The molecular weight excluding hydrogens is 525 g/mol. The van der Waals surface area contributed by atoms with Crippen LogP contribution in [0.2, 0.25) is 0 Å². The number of allylic oxidation sites excluding steroid dienone is 1. The first-order chi connectivity index (χ1) is 19.8. The Kier molecular flexibility index (Phi) is 8.19. The normalized spacial score (nSPS) is 39.9. The van der Waals surface area contributed by atoms with Crippen molar-refractivity contribution in [2.45, 2.75) is 102 Å². The third-order valence-electron chi connectivity index (χ3n) is 10.4. The zero-order valence-corrected chi connectivity index (χ0v) is 24.7. The van der Waals surface area contributed by atoms with Gasteiger partial charge in [0.05, 0.1) is 24.1 Å². The number of urea groups is 1. The smallest absolute Gasteiger partial charge is 0.320 e. The standard InChI is InChI=1S/C29H48FN9O2/c1-5-23(40)36-12-13-37(18(4)16-36)26-21-14-22(30)28-33-27(21)38(29(41)34-26)25-19(10-11-31-24(25)17(2)3)8-6-7-9-20-15-32-35-39(20)28/h5,15,17-19,21-22,24-28,31-33,35H,1,6-14,16H2,2-4H3,(H,34,41)/t18-,19?,21?,22?,24?,25?,26?,27?,28?/m0/s1. The Balaban J connectivity index is 1.36. The Morgan fingerprint density at radius 1 is 1.17 bits per heavy atom. The summed E-state index contributed by atoms with van der Waals surface area (Å²) in [5.41, 5.74) is 7.30. The highest BCUT2D eigenvalue weighted by Gasteiger charge is 2.56. The van der Waals surface area contributed by atoms with E-state index in [0.717, 1.165) is 44.3 Å². The first kappa shape index (κ1) is 28.7. The number of hydrogen-bond donors (Lipinski definition) is 5. The topological polar surface area (TPSA) is 107 Å². The van der Waals surface area contributed by atoms with Gasteiger partial charge in [-0.15, -0.1) is 5.53 Å². The van der Waals surface area contributed by atoms with Gasteiger partial charge in [-0.25, -0.2) is 9.18 Å². The molecule has 2 bridgehead atoms. The number of piperazine rings is 1. The number of carbonyl (C=O) groups is 2. The maximum absolute atomic E-state index is 16.3. The number of carbonyl (C=O) groups excluding carboxylic acids is 2. The lowest BCUT2D eigenvalue weighted by Gasteiger charge is -2.60. The van der Waals surface area contributed by atoms with Crippen LogP contribution in [0.3, 0.4) is 0 Å². The SMILES string of the molecule is C=CC(=O)N1CCN(C2NC(=O)N3C4NC(C(F)CC42)N2NNC=C2CCCCC2CCNC(C(C)C)C23)[C@@H](C)C1. The molecule has 3 amide bonds. The summed E-state index contributed by atoms with van der Waals surface area (Å²) < 4.78 is 16.3. The van der Waals surface area contributed by atoms with Crippen LogP contribution in [0.1, 0.15) is 59.3 Å². The molecule has 0 radical (unpaired) electrons. The summed E-state index contributed by atoms with van der Waals surface area (Å²) in [4.78, 5) is 32.8. The fourth-order valence-electron chi connectivity index (χ4n) is 8.39. The molecule has 41 heavy (non-hydrogen) atoms. The number of alkyl halides is 1. The molecule has 9 atom stereocenters. The monoisotopic (exact) mass is 573 g/mol. The number of nitrogens with zero attached hydrogens (tertiary/aromatic N) is 4. The van der Waals surface area contributed by atoms with Crippen LogP contribution in [0.5, 0.6) is 0 Å². The van der Waals surface area contributed by atoms with Gasteiger partial charge in [-0.1, -0.05) is 26.8 Å². The quantitative estimate of drug-likeness (QED) is 0.323. The van der Waals surface area contributed by atoms with Crippen molar-refractivity contribution in [1.29, 1.82) is 0 Å². The number of nitrogens with one attached hydrogen (secondary N) is 5. The summed E-state index contributed by atoms with van der Waals surface area (Å²) >= 11 is 0. The van der Waals surface area contributed by atoms with Gasteiger partial charge in [0.15, 0.2) is 0 Å². The van der Waals surface area contributed by atoms with E-state index in [-0.39, 0.29) is 48.3 Å². The van der Waals surface area contributed by atoms with Crippen molar-refractivity contribution < 1.29 is 14.0 Å². The molecule has 6 aliphatic heterocycles. The van der Waals surface area contributed by atoms with E-state index in [9.17, 15) is 9.59 Å². The molecule has 5 fully saturated rings. The largest absolute Gasteiger partial charge is 0.336 e. The molecule has 6 rings (SSSR count). The second-order valence-electron chi connectivity index (χ2n) is 13.1. The molecule has 0 aliphatic carbocycles. The second kappa shape index (κ2) is 11.7. The van der Waals surface area contributed by atoms with Crippen molar-refractivity contribution in [3.8, 4) is 0 Å². The van der Waals surface area contributed by atoms with E-state index in [4.69, 9.17) is 0 Å². The van der Waals surface area contributed by atoms with Crippen LogP contribution < -0.4 is 26.9 Å². The van der Waals surface area contributed by atoms with Crippen LogP contribution in [0.25, 0.3) is 0 Å². The maximum Gasteiger partial charge on any atom is 0.320 e. The van der Waals surface area contributed by atoms with Gasteiger partial charge in [0.2, 0.25) is 5.91 Å². The number of hydrogen-bond acceptors (Lipinski definition) is 8. The van der Waals surface area contributed by atoms with Crippen molar-refractivity contribution in [2.24, 2.45) is 17.8 Å². The Hall–Kier alpha value is -2.41. The fourth-order valence-corrected chi connectivity index (χ4v) is 8.39. The minimum atomic E-state index is -1.14. The van der Waals surface area contributed by atoms with E-state index in [0.29, 0.717) is 37.9 Å². The predicted octanol–water partition coefficient (Wildman–Crippen LogP) is 1.40. The molecule has 0 aromatic heterocycles. The van der Waals surface area contributed by atoms with Gasteiger partial charge in [0.25, 0.3) is 0 Å². The molecule has 0 saturated carbocycles. The average molecular weight is 574 g/mol. The lowest BCUT2D eigenvalue weighted by molar-refractivity contribution is -0.133. The zero-order chi connectivity index (χ0) is 28.8. The van der Waals surface area contributed by atoms with E-state index in [1.54, 1.807) is 4.90 Å². The Bertz CT molecular complexity index is 1040. The average Bonchev–Trinajstić information content (AvgIpc) is 3.42. The van der Waals surface area contributed by atoms with Gasteiger partial charge in [-0.2, -0.15) is 0 Å². The second-order valence-corrected chi connectivity index (χ2v) is 13.1. The molecule has 0 aromatic carbocycles.